The van der Waals surface area contributed by atoms with Gasteiger partial charge in [0.15, 0.2) is 0 Å². The molecule has 1 fully saturated rings. The number of carboxylic acid groups (broad SMARTS) is 1. The molecular weight excluding hydrogens is 390 g/mol. The summed E-state index contributed by atoms with van der Waals surface area (Å²) in [6.45, 7) is 8.45. The lowest BCUT2D eigenvalue weighted by atomic mass is 10.0. The minimum Gasteiger partial charge on any atom is -0.478 e. The molecule has 0 unspecified atom stereocenters. The standard InChI is InChI=1S/C25H33N3O3/c1-4-9-19-16-20(24(29)27-13-7-6-8-14-27)17-26-23(19)28(12-5-2)21-10-11-22(25(30)31)18(3)15-21/h10-11,15-17H,4-9,12-14H2,1-3H3,(H,30,31). The summed E-state index contributed by atoms with van der Waals surface area (Å²) in [5.74, 6) is -0.00219. The molecule has 0 atom stereocenters. The molecule has 0 bridgehead atoms. The first kappa shape index (κ1) is 22.8. The van der Waals surface area contributed by atoms with Gasteiger partial charge < -0.3 is 14.9 Å². The Kier molecular flexibility index (Phi) is 7.66. The summed E-state index contributed by atoms with van der Waals surface area (Å²) in [4.78, 5) is 33.2. The molecule has 1 amide bonds. The number of aromatic nitrogens is 1. The molecule has 1 aliphatic rings. The van der Waals surface area contributed by atoms with Crippen molar-refractivity contribution in [3.63, 3.8) is 0 Å². The number of amides is 1. The summed E-state index contributed by atoms with van der Waals surface area (Å²) in [6, 6.07) is 7.41. The van der Waals surface area contributed by atoms with Gasteiger partial charge in [-0.05, 0) is 74.4 Å². The fraction of sp³-hybridized carbons (Fsp3) is 0.480. The van der Waals surface area contributed by atoms with Gasteiger partial charge >= 0.3 is 5.97 Å². The van der Waals surface area contributed by atoms with E-state index in [0.29, 0.717) is 11.1 Å². The Balaban J connectivity index is 1.98. The van der Waals surface area contributed by atoms with Crippen LogP contribution < -0.4 is 4.90 Å². The smallest absolute Gasteiger partial charge is 0.335 e. The van der Waals surface area contributed by atoms with Gasteiger partial charge in [0, 0.05) is 31.5 Å². The molecule has 6 nitrogen and oxygen atoms in total. The Morgan fingerprint density at radius 3 is 2.45 bits per heavy atom. The molecular formula is C25H33N3O3. The summed E-state index contributed by atoms with van der Waals surface area (Å²) in [5, 5.41) is 9.36. The molecule has 1 saturated heterocycles. The maximum Gasteiger partial charge on any atom is 0.335 e. The molecule has 1 aliphatic heterocycles. The topological polar surface area (TPSA) is 73.7 Å². The van der Waals surface area contributed by atoms with Crippen LogP contribution >= 0.6 is 0 Å². The summed E-state index contributed by atoms with van der Waals surface area (Å²) in [5.41, 5.74) is 3.66. The largest absolute Gasteiger partial charge is 0.478 e. The quantitative estimate of drug-likeness (QED) is 0.630. The Morgan fingerprint density at radius 2 is 1.84 bits per heavy atom. The predicted molar refractivity (Wildman–Crippen MR) is 123 cm³/mol. The van der Waals surface area contributed by atoms with Crippen molar-refractivity contribution < 1.29 is 14.7 Å². The number of carbonyl (C=O) groups is 2. The first-order valence-electron chi connectivity index (χ1n) is 11.4. The van der Waals surface area contributed by atoms with Gasteiger partial charge in [-0.15, -0.1) is 0 Å². The lowest BCUT2D eigenvalue weighted by Gasteiger charge is -2.28. The summed E-state index contributed by atoms with van der Waals surface area (Å²) in [7, 11) is 0. The van der Waals surface area contributed by atoms with Crippen molar-refractivity contribution in [2.24, 2.45) is 0 Å². The Hall–Kier alpha value is -2.89. The van der Waals surface area contributed by atoms with Crippen molar-refractivity contribution >= 4 is 23.4 Å². The number of hydrogen-bond donors (Lipinski definition) is 1. The van der Waals surface area contributed by atoms with Crippen molar-refractivity contribution in [2.45, 2.75) is 59.3 Å². The number of carbonyl (C=O) groups excluding carboxylic acids is 1. The van der Waals surface area contributed by atoms with E-state index < -0.39 is 5.97 Å². The Morgan fingerprint density at radius 1 is 1.10 bits per heavy atom. The number of carboxylic acids is 1. The highest BCUT2D eigenvalue weighted by Gasteiger charge is 2.22. The van der Waals surface area contributed by atoms with Crippen molar-refractivity contribution in [3.05, 3.63) is 52.7 Å². The monoisotopic (exact) mass is 423 g/mol. The zero-order valence-corrected chi connectivity index (χ0v) is 18.9. The van der Waals surface area contributed by atoms with E-state index in [1.54, 1.807) is 12.3 Å². The van der Waals surface area contributed by atoms with Crippen LogP contribution in [0.25, 0.3) is 0 Å². The molecule has 0 spiro atoms. The second-order valence-electron chi connectivity index (χ2n) is 8.27. The second-order valence-corrected chi connectivity index (χ2v) is 8.27. The molecule has 31 heavy (non-hydrogen) atoms. The van der Waals surface area contributed by atoms with Crippen molar-refractivity contribution in [3.8, 4) is 0 Å². The van der Waals surface area contributed by atoms with Crippen molar-refractivity contribution in [1.29, 1.82) is 0 Å². The Labute approximate surface area is 184 Å². The van der Waals surface area contributed by atoms with E-state index in [9.17, 15) is 14.7 Å². The number of piperidine rings is 1. The van der Waals surface area contributed by atoms with Crippen molar-refractivity contribution in [1.82, 2.24) is 9.88 Å². The molecule has 1 aromatic carbocycles. The second kappa shape index (κ2) is 10.4. The molecule has 166 valence electrons. The van der Waals surface area contributed by atoms with Gasteiger partial charge in [-0.3, -0.25) is 4.79 Å². The van der Waals surface area contributed by atoms with Gasteiger partial charge in [-0.2, -0.15) is 0 Å². The SMILES string of the molecule is CCCc1cc(C(=O)N2CCCCC2)cnc1N(CCC)c1ccc(C(=O)O)c(C)c1. The zero-order chi connectivity index (χ0) is 22.4. The number of rotatable bonds is 8. The van der Waals surface area contributed by atoms with Crippen LogP contribution in [-0.4, -0.2) is 46.5 Å². The van der Waals surface area contributed by atoms with Crippen LogP contribution in [0, 0.1) is 6.92 Å². The average molecular weight is 424 g/mol. The number of aromatic carboxylic acids is 1. The van der Waals surface area contributed by atoms with E-state index in [4.69, 9.17) is 4.98 Å². The summed E-state index contributed by atoms with van der Waals surface area (Å²) >= 11 is 0. The van der Waals surface area contributed by atoms with Gasteiger partial charge in [0.2, 0.25) is 0 Å². The van der Waals surface area contributed by atoms with E-state index in [1.165, 1.54) is 6.42 Å². The molecule has 2 aromatic rings. The van der Waals surface area contributed by atoms with Crippen LogP contribution in [0.4, 0.5) is 11.5 Å². The van der Waals surface area contributed by atoms with Gasteiger partial charge in [0.25, 0.3) is 5.91 Å². The number of likely N-dealkylation sites (tertiary alicyclic amines) is 1. The van der Waals surface area contributed by atoms with Crippen LogP contribution in [-0.2, 0) is 6.42 Å². The summed E-state index contributed by atoms with van der Waals surface area (Å²) in [6.07, 6.45) is 7.72. The van der Waals surface area contributed by atoms with Gasteiger partial charge in [-0.25, -0.2) is 9.78 Å². The number of benzene rings is 1. The molecule has 6 heteroatoms. The van der Waals surface area contributed by atoms with Gasteiger partial charge in [0.05, 0.1) is 11.1 Å². The number of anilines is 2. The van der Waals surface area contributed by atoms with Crippen LogP contribution in [0.1, 0.15) is 77.8 Å². The summed E-state index contributed by atoms with van der Waals surface area (Å²) < 4.78 is 0. The minimum absolute atomic E-state index is 0.0693. The molecule has 0 radical (unpaired) electrons. The third-order valence-corrected chi connectivity index (χ3v) is 5.81. The van der Waals surface area contributed by atoms with Crippen LogP contribution in [0.3, 0.4) is 0 Å². The maximum absolute atomic E-state index is 13.0. The number of pyridine rings is 1. The van der Waals surface area contributed by atoms with Crippen molar-refractivity contribution in [2.75, 3.05) is 24.5 Å². The average Bonchev–Trinajstić information content (AvgIpc) is 2.77. The first-order valence-corrected chi connectivity index (χ1v) is 11.4. The van der Waals surface area contributed by atoms with Gasteiger partial charge in [-0.1, -0.05) is 20.3 Å². The molecule has 1 aromatic heterocycles. The predicted octanol–water partition coefficient (Wildman–Crippen LogP) is 5.21. The van der Waals surface area contributed by atoms with E-state index in [2.05, 4.69) is 18.7 Å². The molecule has 0 saturated carbocycles. The van der Waals surface area contributed by atoms with E-state index in [1.807, 2.05) is 30.0 Å². The molecule has 2 heterocycles. The highest BCUT2D eigenvalue weighted by molar-refractivity contribution is 5.94. The maximum atomic E-state index is 13.0. The normalized spacial score (nSPS) is 13.8. The zero-order valence-electron chi connectivity index (χ0n) is 18.9. The van der Waals surface area contributed by atoms with Crippen LogP contribution in [0.15, 0.2) is 30.5 Å². The third-order valence-electron chi connectivity index (χ3n) is 5.81. The fourth-order valence-electron chi connectivity index (χ4n) is 4.23. The fourth-order valence-corrected chi connectivity index (χ4v) is 4.23. The lowest BCUT2D eigenvalue weighted by Crippen LogP contribution is -2.35. The highest BCUT2D eigenvalue weighted by atomic mass is 16.4. The minimum atomic E-state index is -0.920. The van der Waals surface area contributed by atoms with Crippen LogP contribution in [0.2, 0.25) is 0 Å². The number of aryl methyl sites for hydroxylation is 2. The first-order chi connectivity index (χ1) is 15.0. The lowest BCUT2D eigenvalue weighted by molar-refractivity contribution is 0.0693. The van der Waals surface area contributed by atoms with E-state index >= 15 is 0 Å². The van der Waals surface area contributed by atoms with E-state index in [-0.39, 0.29) is 5.91 Å². The Bertz CT molecular complexity index is 936. The molecule has 0 aliphatic carbocycles. The van der Waals surface area contributed by atoms with Gasteiger partial charge in [0.1, 0.15) is 5.82 Å². The molecule has 3 rings (SSSR count). The van der Waals surface area contributed by atoms with Crippen LogP contribution in [0.5, 0.6) is 0 Å². The third kappa shape index (κ3) is 5.24. The van der Waals surface area contributed by atoms with E-state index in [0.717, 1.165) is 74.4 Å². The number of hydrogen-bond acceptors (Lipinski definition) is 4. The molecule has 1 N–H and O–H groups in total. The number of nitrogens with zero attached hydrogens (tertiary/aromatic N) is 3. The highest BCUT2D eigenvalue weighted by Crippen LogP contribution is 2.30.